The van der Waals surface area contributed by atoms with Crippen molar-refractivity contribution in [3.63, 3.8) is 0 Å². The summed E-state index contributed by atoms with van der Waals surface area (Å²) in [5, 5.41) is 0.474. The van der Waals surface area contributed by atoms with Gasteiger partial charge in [0.05, 0.1) is 11.6 Å². The lowest BCUT2D eigenvalue weighted by atomic mass is 10.0. The van der Waals surface area contributed by atoms with Crippen LogP contribution in [-0.4, -0.2) is 22.5 Å². The van der Waals surface area contributed by atoms with E-state index in [2.05, 4.69) is 9.97 Å². The highest BCUT2D eigenvalue weighted by atomic mass is 35.5. The SMILES string of the molecule is CCOC(=O)C(c1ncc(Cl)cn1)C1CC1. The first-order chi connectivity index (χ1) is 7.72. The number of hydrogen-bond donors (Lipinski definition) is 0. The van der Waals surface area contributed by atoms with Crippen LogP contribution in [0.25, 0.3) is 0 Å². The van der Waals surface area contributed by atoms with Gasteiger partial charge in [0.15, 0.2) is 0 Å². The number of rotatable bonds is 4. The molecule has 1 heterocycles. The van der Waals surface area contributed by atoms with Crippen molar-refractivity contribution < 1.29 is 9.53 Å². The fourth-order valence-electron chi connectivity index (χ4n) is 1.65. The Bertz CT molecular complexity index is 376. The zero-order chi connectivity index (χ0) is 11.5. The lowest BCUT2D eigenvalue weighted by molar-refractivity contribution is -0.145. The van der Waals surface area contributed by atoms with Crippen LogP contribution < -0.4 is 0 Å². The Morgan fingerprint density at radius 2 is 2.19 bits per heavy atom. The number of aromatic nitrogens is 2. The molecule has 1 aromatic rings. The second-order valence-corrected chi connectivity index (χ2v) is 4.26. The number of halogens is 1. The summed E-state index contributed by atoms with van der Waals surface area (Å²) in [6.07, 6.45) is 5.10. The van der Waals surface area contributed by atoms with Crippen LogP contribution in [-0.2, 0) is 9.53 Å². The number of hydrogen-bond acceptors (Lipinski definition) is 4. The van der Waals surface area contributed by atoms with E-state index in [-0.39, 0.29) is 11.9 Å². The van der Waals surface area contributed by atoms with Crippen molar-refractivity contribution in [3.05, 3.63) is 23.2 Å². The van der Waals surface area contributed by atoms with E-state index in [1.165, 1.54) is 12.4 Å². The minimum Gasteiger partial charge on any atom is -0.465 e. The van der Waals surface area contributed by atoms with Crippen LogP contribution >= 0.6 is 11.6 Å². The van der Waals surface area contributed by atoms with Crippen molar-refractivity contribution in [1.82, 2.24) is 9.97 Å². The quantitative estimate of drug-likeness (QED) is 0.757. The van der Waals surface area contributed by atoms with Crippen molar-refractivity contribution in [2.75, 3.05) is 6.61 Å². The molecule has 0 N–H and O–H groups in total. The van der Waals surface area contributed by atoms with Crippen molar-refractivity contribution >= 4 is 17.6 Å². The monoisotopic (exact) mass is 240 g/mol. The normalized spacial score (nSPS) is 16.9. The van der Waals surface area contributed by atoms with Gasteiger partial charge >= 0.3 is 5.97 Å². The summed E-state index contributed by atoms with van der Waals surface area (Å²) in [5.41, 5.74) is 0. The van der Waals surface area contributed by atoms with Crippen LogP contribution in [0.15, 0.2) is 12.4 Å². The first kappa shape index (κ1) is 11.3. The van der Waals surface area contributed by atoms with Gasteiger partial charge in [0.25, 0.3) is 0 Å². The molecule has 1 aliphatic rings. The highest BCUT2D eigenvalue weighted by Gasteiger charge is 2.40. The molecule has 4 nitrogen and oxygen atoms in total. The highest BCUT2D eigenvalue weighted by molar-refractivity contribution is 6.30. The summed E-state index contributed by atoms with van der Waals surface area (Å²) < 4.78 is 5.04. The summed E-state index contributed by atoms with van der Waals surface area (Å²) >= 11 is 5.71. The lowest BCUT2D eigenvalue weighted by Gasteiger charge is -2.12. The summed E-state index contributed by atoms with van der Waals surface area (Å²) in [4.78, 5) is 20.0. The Morgan fingerprint density at radius 3 is 2.69 bits per heavy atom. The lowest BCUT2D eigenvalue weighted by Crippen LogP contribution is -2.20. The summed E-state index contributed by atoms with van der Waals surface area (Å²) in [6, 6.07) is 0. The molecular weight excluding hydrogens is 228 g/mol. The minimum absolute atomic E-state index is 0.229. The molecule has 1 fully saturated rings. The second kappa shape index (κ2) is 4.78. The number of esters is 1. The molecule has 0 amide bonds. The molecule has 1 saturated carbocycles. The average Bonchev–Trinajstić information content (AvgIpc) is 3.06. The molecule has 1 atom stereocenters. The van der Waals surface area contributed by atoms with Crippen molar-refractivity contribution in [2.24, 2.45) is 5.92 Å². The van der Waals surface area contributed by atoms with Gasteiger partial charge in [0.1, 0.15) is 11.7 Å². The van der Waals surface area contributed by atoms with E-state index in [0.29, 0.717) is 23.4 Å². The zero-order valence-electron chi connectivity index (χ0n) is 9.02. The van der Waals surface area contributed by atoms with Crippen molar-refractivity contribution in [2.45, 2.75) is 25.7 Å². The smallest absolute Gasteiger partial charge is 0.316 e. The minimum atomic E-state index is -0.322. The van der Waals surface area contributed by atoms with Gasteiger partial charge in [-0.25, -0.2) is 9.97 Å². The van der Waals surface area contributed by atoms with Crippen LogP contribution in [0.3, 0.4) is 0 Å². The zero-order valence-corrected chi connectivity index (χ0v) is 9.78. The third-order valence-electron chi connectivity index (χ3n) is 2.55. The van der Waals surface area contributed by atoms with Gasteiger partial charge in [0.2, 0.25) is 0 Å². The maximum absolute atomic E-state index is 11.8. The first-order valence-corrected chi connectivity index (χ1v) is 5.74. The molecule has 0 aliphatic heterocycles. The molecule has 2 rings (SSSR count). The van der Waals surface area contributed by atoms with Crippen molar-refractivity contribution in [1.29, 1.82) is 0 Å². The molecule has 1 unspecified atom stereocenters. The van der Waals surface area contributed by atoms with Crippen LogP contribution in [0.1, 0.15) is 31.5 Å². The van der Waals surface area contributed by atoms with E-state index in [0.717, 1.165) is 12.8 Å². The van der Waals surface area contributed by atoms with Gasteiger partial charge in [-0.05, 0) is 25.7 Å². The van der Waals surface area contributed by atoms with E-state index in [1.807, 2.05) is 0 Å². The van der Waals surface area contributed by atoms with E-state index in [9.17, 15) is 4.79 Å². The summed E-state index contributed by atoms with van der Waals surface area (Å²) in [5.74, 6) is 0.301. The van der Waals surface area contributed by atoms with Gasteiger partial charge in [-0.3, -0.25) is 4.79 Å². The summed E-state index contributed by atoms with van der Waals surface area (Å²) in [7, 11) is 0. The standard InChI is InChI=1S/C11H13ClN2O2/c1-2-16-11(15)9(7-3-4-7)10-13-5-8(12)6-14-10/h5-7,9H,2-4H2,1H3. The van der Waals surface area contributed by atoms with Crippen molar-refractivity contribution in [3.8, 4) is 0 Å². The first-order valence-electron chi connectivity index (χ1n) is 5.36. The molecule has 0 radical (unpaired) electrons. The van der Waals surface area contributed by atoms with Crippen LogP contribution in [0.4, 0.5) is 0 Å². The molecule has 5 heteroatoms. The predicted molar refractivity (Wildman–Crippen MR) is 59.1 cm³/mol. The maximum atomic E-state index is 11.8. The topological polar surface area (TPSA) is 52.1 Å². The average molecular weight is 241 g/mol. The molecule has 0 bridgehead atoms. The molecule has 86 valence electrons. The number of ether oxygens (including phenoxy) is 1. The number of carbonyl (C=O) groups excluding carboxylic acids is 1. The van der Waals surface area contributed by atoms with Gasteiger partial charge in [-0.1, -0.05) is 11.6 Å². The van der Waals surface area contributed by atoms with E-state index >= 15 is 0 Å². The fraction of sp³-hybridized carbons (Fsp3) is 0.545. The van der Waals surface area contributed by atoms with E-state index < -0.39 is 0 Å². The van der Waals surface area contributed by atoms with E-state index in [4.69, 9.17) is 16.3 Å². The van der Waals surface area contributed by atoms with Gasteiger partial charge < -0.3 is 4.74 Å². The molecule has 1 aliphatic carbocycles. The number of carbonyl (C=O) groups is 1. The molecule has 1 aromatic heterocycles. The molecular formula is C11H13ClN2O2. The summed E-state index contributed by atoms with van der Waals surface area (Å²) in [6.45, 7) is 2.18. The third kappa shape index (κ3) is 2.50. The Labute approximate surface area is 99.0 Å². The maximum Gasteiger partial charge on any atom is 0.316 e. The van der Waals surface area contributed by atoms with Gasteiger partial charge in [-0.15, -0.1) is 0 Å². The Balaban J connectivity index is 2.18. The predicted octanol–water partition coefficient (Wildman–Crippen LogP) is 2.19. The fourth-order valence-corrected chi connectivity index (χ4v) is 1.75. The largest absolute Gasteiger partial charge is 0.465 e. The molecule has 0 saturated heterocycles. The van der Waals surface area contributed by atoms with Crippen LogP contribution in [0.5, 0.6) is 0 Å². The molecule has 0 spiro atoms. The molecule has 0 aromatic carbocycles. The third-order valence-corrected chi connectivity index (χ3v) is 2.75. The number of nitrogens with zero attached hydrogens (tertiary/aromatic N) is 2. The molecule has 16 heavy (non-hydrogen) atoms. The Hall–Kier alpha value is -1.16. The van der Waals surface area contributed by atoms with E-state index in [1.54, 1.807) is 6.92 Å². The highest BCUT2D eigenvalue weighted by Crippen LogP contribution is 2.42. The van der Waals surface area contributed by atoms with Crippen LogP contribution in [0, 0.1) is 5.92 Å². The second-order valence-electron chi connectivity index (χ2n) is 3.83. The Morgan fingerprint density at radius 1 is 1.56 bits per heavy atom. The van der Waals surface area contributed by atoms with Gasteiger partial charge in [0, 0.05) is 12.4 Å². The Kier molecular flexibility index (Phi) is 3.39. The van der Waals surface area contributed by atoms with Crippen LogP contribution in [0.2, 0.25) is 5.02 Å². The van der Waals surface area contributed by atoms with Gasteiger partial charge in [-0.2, -0.15) is 0 Å².